The molecule has 0 N–H and O–H groups in total. The van der Waals surface area contributed by atoms with Crippen LogP contribution in [0.15, 0.2) is 243 Å². The fourth-order valence-electron chi connectivity index (χ4n) is 7.99. The van der Waals surface area contributed by atoms with E-state index in [4.69, 9.17) is 0 Å². The van der Waals surface area contributed by atoms with Crippen LogP contribution in [0.4, 0.5) is 34.1 Å². The van der Waals surface area contributed by atoms with Crippen molar-refractivity contribution in [3.05, 3.63) is 243 Å². The van der Waals surface area contributed by atoms with Gasteiger partial charge >= 0.3 is 0 Å². The predicted octanol–water partition coefficient (Wildman–Crippen LogP) is 14.4. The van der Waals surface area contributed by atoms with Crippen LogP contribution in [0.1, 0.15) is 0 Å². The van der Waals surface area contributed by atoms with E-state index in [1.807, 2.05) is 0 Å². The van der Waals surface area contributed by atoms with Crippen LogP contribution in [0, 0.1) is 0 Å². The zero-order chi connectivity index (χ0) is 40.0. The van der Waals surface area contributed by atoms with Gasteiger partial charge in [-0.05, 0) is 106 Å². The van der Waals surface area contributed by atoms with Gasteiger partial charge in [-0.25, -0.2) is 0 Å². The summed E-state index contributed by atoms with van der Waals surface area (Å²) in [6.45, 7) is 4.86. The second kappa shape index (κ2) is 16.7. The number of hydrogen-bond acceptors (Lipinski definition) is 2. The second-order valence-corrected chi connectivity index (χ2v) is 19.9. The van der Waals surface area contributed by atoms with Gasteiger partial charge in [0.25, 0.3) is 0 Å². The highest BCUT2D eigenvalue weighted by atomic mass is 28.3. The molecule has 0 saturated carbocycles. The summed E-state index contributed by atoms with van der Waals surface area (Å²) in [4.78, 5) is 4.66. The second-order valence-electron chi connectivity index (χ2n) is 15.5. The van der Waals surface area contributed by atoms with Crippen LogP contribution in [0.5, 0.6) is 0 Å². The Hall–Kier alpha value is -7.20. The third-order valence-corrected chi connectivity index (χ3v) is 15.0. The molecule has 0 bridgehead atoms. The van der Waals surface area contributed by atoms with E-state index >= 15 is 0 Å². The smallest absolute Gasteiger partial charge is 0.112 e. The summed E-state index contributed by atoms with van der Waals surface area (Å²) in [6, 6.07) is 87.5. The lowest BCUT2D eigenvalue weighted by Gasteiger charge is -2.28. The topological polar surface area (TPSA) is 6.48 Å². The van der Waals surface area contributed by atoms with Gasteiger partial charge in [-0.3, -0.25) is 0 Å². The minimum Gasteiger partial charge on any atom is -0.311 e. The zero-order valence-electron chi connectivity index (χ0n) is 33.5. The van der Waals surface area contributed by atoms with Gasteiger partial charge in [-0.2, -0.15) is 0 Å². The van der Waals surface area contributed by atoms with Gasteiger partial charge in [-0.1, -0.05) is 193 Å². The van der Waals surface area contributed by atoms with Crippen molar-refractivity contribution < 1.29 is 0 Å². The molecule has 2 nitrogen and oxygen atoms in total. The standard InChI is InChI=1S/C56H46N2Si/c1-59(2,55-21-13-6-14-22-55)56-41-39-54(40-42-56)58(50-19-11-5-12-20-50)53-37-31-48(32-38-53)45-25-23-44(24-26-45)47-29-35-52(36-30-47)57(49-17-9-4-10-18-49)51-33-27-46(28-34-51)43-15-7-3-8-16-43/h3-42H,1-2H3. The molecule has 0 fully saturated rings. The van der Waals surface area contributed by atoms with Gasteiger partial charge in [0.15, 0.2) is 0 Å². The maximum Gasteiger partial charge on any atom is 0.112 e. The lowest BCUT2D eigenvalue weighted by atomic mass is 9.99. The van der Waals surface area contributed by atoms with Crippen LogP contribution in [-0.4, -0.2) is 8.07 Å². The molecule has 0 aliphatic carbocycles. The highest BCUT2D eigenvalue weighted by Gasteiger charge is 2.26. The molecule has 284 valence electrons. The fourth-order valence-corrected chi connectivity index (χ4v) is 10.4. The van der Waals surface area contributed by atoms with Gasteiger partial charge in [-0.15, -0.1) is 0 Å². The molecule has 3 heteroatoms. The molecule has 0 unspecified atom stereocenters. The van der Waals surface area contributed by atoms with Crippen molar-refractivity contribution >= 4 is 52.6 Å². The SMILES string of the molecule is C[Si](C)(c1ccccc1)c1ccc(N(c2ccccc2)c2ccc(-c3ccc(-c4ccc(N(c5ccccc5)c5ccc(-c6ccccc6)cc5)cc4)cc3)cc2)cc1. The summed E-state index contributed by atoms with van der Waals surface area (Å²) in [5.41, 5.74) is 13.9. The van der Waals surface area contributed by atoms with Crippen LogP contribution in [0.2, 0.25) is 13.1 Å². The first-order valence-corrected chi connectivity index (χ1v) is 23.3. The molecular weight excluding hydrogens is 729 g/mol. The maximum atomic E-state index is 2.43. The monoisotopic (exact) mass is 774 g/mol. The van der Waals surface area contributed by atoms with Gasteiger partial charge in [0.1, 0.15) is 8.07 Å². The van der Waals surface area contributed by atoms with E-state index in [2.05, 4.69) is 266 Å². The maximum absolute atomic E-state index is 2.43. The van der Waals surface area contributed by atoms with Crippen molar-refractivity contribution in [2.45, 2.75) is 13.1 Å². The summed E-state index contributed by atoms with van der Waals surface area (Å²) in [6.07, 6.45) is 0. The number of anilines is 6. The number of benzene rings is 9. The Balaban J connectivity index is 0.942. The van der Waals surface area contributed by atoms with Crippen LogP contribution >= 0.6 is 0 Å². The van der Waals surface area contributed by atoms with Crippen molar-refractivity contribution in [2.24, 2.45) is 0 Å². The van der Waals surface area contributed by atoms with Crippen LogP contribution in [0.3, 0.4) is 0 Å². The summed E-state index contributed by atoms with van der Waals surface area (Å²) >= 11 is 0. The Morgan fingerprint density at radius 3 is 0.780 bits per heavy atom. The zero-order valence-corrected chi connectivity index (χ0v) is 34.5. The molecule has 0 heterocycles. The van der Waals surface area contributed by atoms with E-state index < -0.39 is 8.07 Å². The van der Waals surface area contributed by atoms with Crippen LogP contribution < -0.4 is 20.2 Å². The predicted molar refractivity (Wildman–Crippen MR) is 255 cm³/mol. The number of hydrogen-bond donors (Lipinski definition) is 0. The van der Waals surface area contributed by atoms with Crippen LogP contribution in [-0.2, 0) is 0 Å². The first kappa shape index (κ1) is 37.4. The van der Waals surface area contributed by atoms with Crippen molar-refractivity contribution in [1.82, 2.24) is 0 Å². The number of para-hydroxylation sites is 2. The molecule has 0 saturated heterocycles. The lowest BCUT2D eigenvalue weighted by Crippen LogP contribution is -2.52. The summed E-state index contributed by atoms with van der Waals surface area (Å²) in [7, 11) is -1.81. The molecule has 0 aromatic heterocycles. The molecule has 0 aliphatic heterocycles. The Morgan fingerprint density at radius 2 is 0.441 bits per heavy atom. The Labute approximate surface area is 350 Å². The third-order valence-electron chi connectivity index (χ3n) is 11.4. The normalized spacial score (nSPS) is 11.2. The van der Waals surface area contributed by atoms with Gasteiger partial charge in [0, 0.05) is 34.1 Å². The van der Waals surface area contributed by atoms with Gasteiger partial charge in [0.05, 0.1) is 0 Å². The average molecular weight is 775 g/mol. The molecule has 0 amide bonds. The summed E-state index contributed by atoms with van der Waals surface area (Å²) < 4.78 is 0. The lowest BCUT2D eigenvalue weighted by molar-refractivity contribution is 1.28. The number of rotatable bonds is 11. The van der Waals surface area contributed by atoms with E-state index in [0.29, 0.717) is 0 Å². The average Bonchev–Trinajstić information content (AvgIpc) is 3.31. The van der Waals surface area contributed by atoms with E-state index in [1.165, 1.54) is 43.8 Å². The van der Waals surface area contributed by atoms with E-state index in [0.717, 1.165) is 34.1 Å². The molecule has 0 atom stereocenters. The van der Waals surface area contributed by atoms with E-state index in [9.17, 15) is 0 Å². The Bertz CT molecular complexity index is 2710. The molecule has 0 spiro atoms. The molecule has 0 radical (unpaired) electrons. The first-order chi connectivity index (χ1) is 29.0. The van der Waals surface area contributed by atoms with Crippen molar-refractivity contribution in [2.75, 3.05) is 9.80 Å². The fraction of sp³-hybridized carbons (Fsp3) is 0.0357. The molecule has 9 aromatic carbocycles. The van der Waals surface area contributed by atoms with E-state index in [-0.39, 0.29) is 0 Å². The van der Waals surface area contributed by atoms with Crippen molar-refractivity contribution in [3.8, 4) is 33.4 Å². The Morgan fingerprint density at radius 1 is 0.220 bits per heavy atom. The largest absolute Gasteiger partial charge is 0.311 e. The molecule has 9 rings (SSSR count). The minimum atomic E-state index is -1.81. The van der Waals surface area contributed by atoms with Crippen molar-refractivity contribution in [1.29, 1.82) is 0 Å². The third kappa shape index (κ3) is 8.02. The summed E-state index contributed by atoms with van der Waals surface area (Å²) in [5.74, 6) is 0. The first-order valence-electron chi connectivity index (χ1n) is 20.3. The molecule has 9 aromatic rings. The van der Waals surface area contributed by atoms with Crippen molar-refractivity contribution in [3.63, 3.8) is 0 Å². The molecule has 0 aliphatic rings. The van der Waals surface area contributed by atoms with E-state index in [1.54, 1.807) is 0 Å². The van der Waals surface area contributed by atoms with Gasteiger partial charge < -0.3 is 9.80 Å². The minimum absolute atomic E-state index is 1.11. The quantitative estimate of drug-likeness (QED) is 0.121. The highest BCUT2D eigenvalue weighted by molar-refractivity contribution is 7.00. The Kier molecular flexibility index (Phi) is 10.6. The summed E-state index contributed by atoms with van der Waals surface area (Å²) in [5, 5.41) is 2.87. The number of nitrogens with zero attached hydrogens (tertiary/aromatic N) is 2. The van der Waals surface area contributed by atoms with Gasteiger partial charge in [0.2, 0.25) is 0 Å². The highest BCUT2D eigenvalue weighted by Crippen LogP contribution is 2.38. The molecular formula is C56H46N2Si. The molecule has 59 heavy (non-hydrogen) atoms. The van der Waals surface area contributed by atoms with Crippen LogP contribution in [0.25, 0.3) is 33.4 Å².